The summed E-state index contributed by atoms with van der Waals surface area (Å²) >= 11 is 1.67. The van der Waals surface area contributed by atoms with Crippen LogP contribution in [0.25, 0.3) is 0 Å². The maximum absolute atomic E-state index is 12.2. The molecule has 0 aliphatic carbocycles. The van der Waals surface area contributed by atoms with E-state index in [1.807, 2.05) is 34.6 Å². The van der Waals surface area contributed by atoms with Gasteiger partial charge in [0.1, 0.15) is 0 Å². The Balaban J connectivity index is 2.04. The van der Waals surface area contributed by atoms with Crippen molar-refractivity contribution in [3.63, 3.8) is 0 Å². The van der Waals surface area contributed by atoms with Crippen molar-refractivity contribution in [3.05, 3.63) is 50.5 Å². The first-order chi connectivity index (χ1) is 9.86. The number of nitrogens with zero attached hydrogens (tertiary/aromatic N) is 1. The highest BCUT2D eigenvalue weighted by atomic mass is 32.1. The van der Waals surface area contributed by atoms with Gasteiger partial charge in [0.25, 0.3) is 0 Å². The molecule has 1 aromatic heterocycles. The zero-order chi connectivity index (χ0) is 15.6. The third kappa shape index (κ3) is 3.91. The van der Waals surface area contributed by atoms with E-state index in [1.54, 1.807) is 11.3 Å². The van der Waals surface area contributed by atoms with Crippen LogP contribution in [0.1, 0.15) is 45.2 Å². The SMILES string of the molecule is Cc1ccc(C)c(CC(=O)NC(C)c2nc(C)sc2C)c1. The Labute approximate surface area is 130 Å². The van der Waals surface area contributed by atoms with Gasteiger partial charge in [-0.1, -0.05) is 23.8 Å². The first kappa shape index (κ1) is 15.7. The van der Waals surface area contributed by atoms with E-state index < -0.39 is 0 Å². The molecule has 0 bridgehead atoms. The summed E-state index contributed by atoms with van der Waals surface area (Å²) in [5.41, 5.74) is 4.41. The van der Waals surface area contributed by atoms with Crippen molar-refractivity contribution in [1.29, 1.82) is 0 Å². The fourth-order valence-corrected chi connectivity index (χ4v) is 3.39. The zero-order valence-electron chi connectivity index (χ0n) is 13.3. The van der Waals surface area contributed by atoms with Crippen LogP contribution in [0, 0.1) is 27.7 Å². The fourth-order valence-electron chi connectivity index (χ4n) is 2.47. The molecule has 1 amide bonds. The zero-order valence-corrected chi connectivity index (χ0v) is 14.1. The average molecular weight is 302 g/mol. The Morgan fingerprint density at radius 2 is 2.00 bits per heavy atom. The lowest BCUT2D eigenvalue weighted by atomic mass is 10.0. The monoisotopic (exact) mass is 302 g/mol. The van der Waals surface area contributed by atoms with Gasteiger partial charge in [-0.25, -0.2) is 4.98 Å². The Morgan fingerprint density at radius 3 is 2.62 bits per heavy atom. The highest BCUT2D eigenvalue weighted by Crippen LogP contribution is 2.22. The maximum Gasteiger partial charge on any atom is 0.224 e. The van der Waals surface area contributed by atoms with E-state index >= 15 is 0 Å². The number of aromatic nitrogens is 1. The molecule has 2 aromatic rings. The molecule has 3 nitrogen and oxygen atoms in total. The van der Waals surface area contributed by atoms with Crippen LogP contribution in [0.5, 0.6) is 0 Å². The van der Waals surface area contributed by atoms with Crippen molar-refractivity contribution in [1.82, 2.24) is 10.3 Å². The number of amides is 1. The van der Waals surface area contributed by atoms with Gasteiger partial charge in [-0.2, -0.15) is 0 Å². The van der Waals surface area contributed by atoms with Crippen LogP contribution in [-0.2, 0) is 11.2 Å². The second-order valence-corrected chi connectivity index (χ2v) is 6.98. The third-order valence-corrected chi connectivity index (χ3v) is 4.48. The average Bonchev–Trinajstić information content (AvgIpc) is 2.73. The first-order valence-corrected chi connectivity index (χ1v) is 7.98. The molecule has 21 heavy (non-hydrogen) atoms. The number of aryl methyl sites for hydroxylation is 4. The topological polar surface area (TPSA) is 42.0 Å². The summed E-state index contributed by atoms with van der Waals surface area (Å²) in [7, 11) is 0. The quantitative estimate of drug-likeness (QED) is 0.933. The largest absolute Gasteiger partial charge is 0.348 e. The predicted molar refractivity (Wildman–Crippen MR) is 87.8 cm³/mol. The second-order valence-electron chi connectivity index (χ2n) is 5.57. The van der Waals surface area contributed by atoms with E-state index in [4.69, 9.17) is 0 Å². The number of rotatable bonds is 4. The van der Waals surface area contributed by atoms with E-state index in [2.05, 4.69) is 28.5 Å². The van der Waals surface area contributed by atoms with Crippen LogP contribution < -0.4 is 5.32 Å². The van der Waals surface area contributed by atoms with E-state index in [-0.39, 0.29) is 11.9 Å². The molecule has 1 N–H and O–H groups in total. The molecule has 0 aliphatic rings. The molecule has 0 fully saturated rings. The lowest BCUT2D eigenvalue weighted by molar-refractivity contribution is -0.121. The molecule has 0 saturated carbocycles. The van der Waals surface area contributed by atoms with Gasteiger partial charge in [-0.05, 0) is 45.7 Å². The van der Waals surface area contributed by atoms with Gasteiger partial charge < -0.3 is 5.32 Å². The standard InChI is InChI=1S/C17H22N2OS/c1-10-6-7-11(2)15(8-10)9-16(20)18-12(3)17-13(4)21-14(5)19-17/h6-8,12H,9H2,1-5H3,(H,18,20). The molecule has 4 heteroatoms. The summed E-state index contributed by atoms with van der Waals surface area (Å²) < 4.78 is 0. The van der Waals surface area contributed by atoms with Crippen molar-refractivity contribution >= 4 is 17.2 Å². The van der Waals surface area contributed by atoms with Crippen molar-refractivity contribution in [2.75, 3.05) is 0 Å². The fraction of sp³-hybridized carbons (Fsp3) is 0.412. The molecule has 1 atom stereocenters. The second kappa shape index (κ2) is 6.39. The Kier molecular flexibility index (Phi) is 4.78. The van der Waals surface area contributed by atoms with Crippen LogP contribution >= 0.6 is 11.3 Å². The van der Waals surface area contributed by atoms with Crippen LogP contribution in [0.3, 0.4) is 0 Å². The van der Waals surface area contributed by atoms with Gasteiger partial charge in [0, 0.05) is 4.88 Å². The van der Waals surface area contributed by atoms with Gasteiger partial charge in [-0.3, -0.25) is 4.79 Å². The highest BCUT2D eigenvalue weighted by Gasteiger charge is 2.16. The van der Waals surface area contributed by atoms with Crippen LogP contribution in [0.4, 0.5) is 0 Å². The lowest BCUT2D eigenvalue weighted by Crippen LogP contribution is -2.28. The van der Waals surface area contributed by atoms with E-state index in [0.29, 0.717) is 6.42 Å². The van der Waals surface area contributed by atoms with Gasteiger partial charge in [-0.15, -0.1) is 11.3 Å². The van der Waals surface area contributed by atoms with Crippen molar-refractivity contribution in [2.24, 2.45) is 0 Å². The van der Waals surface area contributed by atoms with Crippen LogP contribution in [-0.4, -0.2) is 10.9 Å². The Morgan fingerprint density at radius 1 is 1.29 bits per heavy atom. The van der Waals surface area contributed by atoms with Crippen molar-refractivity contribution in [3.8, 4) is 0 Å². The van der Waals surface area contributed by atoms with E-state index in [1.165, 1.54) is 10.4 Å². The molecule has 0 spiro atoms. The molecular formula is C17H22N2OS. The summed E-state index contributed by atoms with van der Waals surface area (Å²) in [5, 5.41) is 4.09. The first-order valence-electron chi connectivity index (χ1n) is 7.16. The van der Waals surface area contributed by atoms with E-state index in [9.17, 15) is 4.79 Å². The number of thiazole rings is 1. The van der Waals surface area contributed by atoms with Gasteiger partial charge in [0.2, 0.25) is 5.91 Å². The summed E-state index contributed by atoms with van der Waals surface area (Å²) in [5.74, 6) is 0.0428. The summed E-state index contributed by atoms with van der Waals surface area (Å²) in [6, 6.07) is 6.17. The van der Waals surface area contributed by atoms with Gasteiger partial charge >= 0.3 is 0 Å². The predicted octanol–water partition coefficient (Wildman–Crippen LogP) is 3.80. The maximum atomic E-state index is 12.2. The number of benzene rings is 1. The number of carbonyl (C=O) groups is 1. The van der Waals surface area contributed by atoms with Gasteiger partial charge in [0.15, 0.2) is 0 Å². The molecule has 0 saturated heterocycles. The molecular weight excluding hydrogens is 280 g/mol. The molecule has 2 rings (SSSR count). The van der Waals surface area contributed by atoms with Crippen molar-refractivity contribution in [2.45, 2.75) is 47.1 Å². The summed E-state index contributed by atoms with van der Waals surface area (Å²) in [4.78, 5) is 17.9. The minimum absolute atomic E-state index is 0.0428. The number of nitrogens with one attached hydrogen (secondary N) is 1. The molecule has 112 valence electrons. The molecule has 0 radical (unpaired) electrons. The normalized spacial score (nSPS) is 12.2. The Bertz CT molecular complexity index is 661. The highest BCUT2D eigenvalue weighted by molar-refractivity contribution is 7.11. The van der Waals surface area contributed by atoms with Crippen molar-refractivity contribution < 1.29 is 4.79 Å². The summed E-state index contributed by atoms with van der Waals surface area (Å²) in [6.07, 6.45) is 0.417. The van der Waals surface area contributed by atoms with Gasteiger partial charge in [0.05, 0.1) is 23.2 Å². The molecule has 0 aliphatic heterocycles. The van der Waals surface area contributed by atoms with Crippen LogP contribution in [0.15, 0.2) is 18.2 Å². The van der Waals surface area contributed by atoms with E-state index in [0.717, 1.165) is 21.8 Å². The molecule has 1 unspecified atom stereocenters. The number of hydrogen-bond acceptors (Lipinski definition) is 3. The third-order valence-electron chi connectivity index (χ3n) is 3.58. The lowest BCUT2D eigenvalue weighted by Gasteiger charge is -2.14. The Hall–Kier alpha value is -1.68. The van der Waals surface area contributed by atoms with Crippen LogP contribution in [0.2, 0.25) is 0 Å². The smallest absolute Gasteiger partial charge is 0.224 e. The number of carbonyl (C=O) groups excluding carboxylic acids is 1. The summed E-state index contributed by atoms with van der Waals surface area (Å²) in [6.45, 7) is 10.1. The minimum Gasteiger partial charge on any atom is -0.348 e. The molecule has 1 aromatic carbocycles. The molecule has 1 heterocycles. The minimum atomic E-state index is -0.0486. The number of hydrogen-bond donors (Lipinski definition) is 1.